The van der Waals surface area contributed by atoms with Gasteiger partial charge in [-0.15, -0.1) is 0 Å². The summed E-state index contributed by atoms with van der Waals surface area (Å²) in [6.45, 7) is 4.43. The van der Waals surface area contributed by atoms with Gasteiger partial charge in [-0.25, -0.2) is 8.42 Å². The van der Waals surface area contributed by atoms with Gasteiger partial charge in [0.05, 0.1) is 11.5 Å². The summed E-state index contributed by atoms with van der Waals surface area (Å²) < 4.78 is 34.7. The molecule has 0 radical (unpaired) electrons. The van der Waals surface area contributed by atoms with E-state index in [2.05, 4.69) is 29.2 Å². The van der Waals surface area contributed by atoms with E-state index < -0.39 is 10.0 Å². The molecule has 0 aliphatic carbocycles. The summed E-state index contributed by atoms with van der Waals surface area (Å²) >= 11 is 0. The maximum absolute atomic E-state index is 13.7. The number of hydrogen-bond acceptors (Lipinski definition) is 5. The predicted octanol–water partition coefficient (Wildman–Crippen LogP) is 4.64. The maximum Gasteiger partial charge on any atom is 0.243 e. The van der Waals surface area contributed by atoms with E-state index in [1.165, 1.54) is 5.56 Å². The molecule has 36 heavy (non-hydrogen) atoms. The van der Waals surface area contributed by atoms with E-state index in [9.17, 15) is 13.5 Å². The van der Waals surface area contributed by atoms with Crippen LogP contribution in [0.1, 0.15) is 29.9 Å². The Morgan fingerprint density at radius 1 is 0.944 bits per heavy atom. The maximum atomic E-state index is 13.7. The summed E-state index contributed by atoms with van der Waals surface area (Å²) in [4.78, 5) is 2.84. The molecule has 0 spiro atoms. The van der Waals surface area contributed by atoms with Crippen LogP contribution in [0.3, 0.4) is 0 Å². The van der Waals surface area contributed by atoms with E-state index in [0.717, 1.165) is 36.1 Å². The highest BCUT2D eigenvalue weighted by atomic mass is 32.2. The molecule has 0 amide bonds. The molecule has 1 unspecified atom stereocenters. The number of aromatic hydroxyl groups is 1. The minimum Gasteiger partial charge on any atom is -0.508 e. The van der Waals surface area contributed by atoms with Gasteiger partial charge in [-0.05, 0) is 66.8 Å². The van der Waals surface area contributed by atoms with Gasteiger partial charge < -0.3 is 9.84 Å². The highest BCUT2D eigenvalue weighted by Gasteiger charge is 2.50. The molecule has 3 aromatic rings. The van der Waals surface area contributed by atoms with Crippen molar-refractivity contribution >= 4 is 10.0 Å². The molecule has 0 bridgehead atoms. The van der Waals surface area contributed by atoms with Crippen LogP contribution in [0.4, 0.5) is 0 Å². The minimum atomic E-state index is -3.59. The van der Waals surface area contributed by atoms with Gasteiger partial charge >= 0.3 is 0 Å². The minimum absolute atomic E-state index is 0.0934. The van der Waals surface area contributed by atoms with Crippen molar-refractivity contribution in [3.8, 4) is 16.9 Å². The Bertz CT molecular complexity index is 1310. The van der Waals surface area contributed by atoms with Crippen LogP contribution in [0.15, 0.2) is 77.7 Å². The molecule has 5 rings (SSSR count). The molecular formula is C29H34N2O4S. The first-order valence-electron chi connectivity index (χ1n) is 12.6. The number of nitrogens with zero attached hydrogens (tertiary/aromatic N) is 2. The molecular weight excluding hydrogens is 472 g/mol. The zero-order valence-corrected chi connectivity index (χ0v) is 21.7. The molecule has 1 N–H and O–H groups in total. The molecule has 2 heterocycles. The highest BCUT2D eigenvalue weighted by molar-refractivity contribution is 7.89. The fourth-order valence-electron chi connectivity index (χ4n) is 5.85. The Morgan fingerprint density at radius 3 is 2.42 bits per heavy atom. The van der Waals surface area contributed by atoms with Gasteiger partial charge in [0.2, 0.25) is 10.0 Å². The zero-order valence-electron chi connectivity index (χ0n) is 20.9. The van der Waals surface area contributed by atoms with Gasteiger partial charge in [-0.2, -0.15) is 4.31 Å². The van der Waals surface area contributed by atoms with Gasteiger partial charge in [0.25, 0.3) is 0 Å². The van der Waals surface area contributed by atoms with Crippen molar-refractivity contribution in [2.24, 2.45) is 0 Å². The topological polar surface area (TPSA) is 70.1 Å². The van der Waals surface area contributed by atoms with Crippen LogP contribution in [-0.4, -0.2) is 68.2 Å². The average Bonchev–Trinajstić information content (AvgIpc) is 2.85. The number of phenols is 1. The first-order chi connectivity index (χ1) is 17.4. The zero-order chi connectivity index (χ0) is 25.3. The molecule has 3 aromatic carbocycles. The molecule has 0 saturated carbocycles. The number of ether oxygens (including phenoxy) is 1. The van der Waals surface area contributed by atoms with Gasteiger partial charge in [0.1, 0.15) is 5.75 Å². The Hall–Kier alpha value is -2.71. The largest absolute Gasteiger partial charge is 0.508 e. The van der Waals surface area contributed by atoms with E-state index in [1.54, 1.807) is 35.7 Å². The van der Waals surface area contributed by atoms with Crippen molar-refractivity contribution in [1.82, 2.24) is 9.21 Å². The Morgan fingerprint density at radius 2 is 1.69 bits per heavy atom. The molecule has 2 aliphatic rings. The molecule has 0 aromatic heterocycles. The first-order valence-corrected chi connectivity index (χ1v) is 14.0. The van der Waals surface area contributed by atoms with Crippen LogP contribution >= 0.6 is 0 Å². The standard InChI is InChI=1S/C29H34N2O4S/c1-21-8-3-4-11-28(21)36(33,34)30-16-5-6-17-31-26(19-30)29(27(31)20-35-2)23-14-12-22(13-15-23)24-9-7-10-25(32)18-24/h3-4,7-15,18,26-27,29,32H,5-6,16-17,19-20H2,1-2H3/t26?,27-,29+/m1/s1. The van der Waals surface area contributed by atoms with Crippen LogP contribution in [-0.2, 0) is 14.8 Å². The SMILES string of the molecule is COC[C@@H]1[C@@H](c2ccc(-c3cccc(O)c3)cc2)C2CN(S(=O)(=O)c3ccccc3C)CCCCN21. The molecule has 6 nitrogen and oxygen atoms in total. The third-order valence-electron chi connectivity index (χ3n) is 7.67. The number of sulfonamides is 1. The summed E-state index contributed by atoms with van der Waals surface area (Å²) in [6.07, 6.45) is 1.80. The predicted molar refractivity (Wildman–Crippen MR) is 142 cm³/mol. The monoisotopic (exact) mass is 506 g/mol. The smallest absolute Gasteiger partial charge is 0.243 e. The number of fused-ring (bicyclic) bond motifs is 1. The summed E-state index contributed by atoms with van der Waals surface area (Å²) in [5.41, 5.74) is 3.97. The van der Waals surface area contributed by atoms with Crippen molar-refractivity contribution in [1.29, 1.82) is 0 Å². The number of methoxy groups -OCH3 is 1. The molecule has 2 aliphatic heterocycles. The lowest BCUT2D eigenvalue weighted by Crippen LogP contribution is -2.68. The van der Waals surface area contributed by atoms with Gasteiger partial charge in [-0.3, -0.25) is 4.90 Å². The van der Waals surface area contributed by atoms with Crippen molar-refractivity contribution < 1.29 is 18.3 Å². The van der Waals surface area contributed by atoms with E-state index in [0.29, 0.717) is 24.6 Å². The molecule has 190 valence electrons. The van der Waals surface area contributed by atoms with Crippen LogP contribution in [0, 0.1) is 6.92 Å². The quantitative estimate of drug-likeness (QED) is 0.528. The number of benzene rings is 3. The summed E-state index contributed by atoms with van der Waals surface area (Å²) in [6, 6.07) is 23.3. The first kappa shape index (κ1) is 25.0. The number of phenolic OH excluding ortho intramolecular Hbond substituents is 1. The third kappa shape index (κ3) is 4.68. The van der Waals surface area contributed by atoms with E-state index >= 15 is 0 Å². The lowest BCUT2D eigenvalue weighted by molar-refractivity contribution is -0.0635. The van der Waals surface area contributed by atoms with Crippen molar-refractivity contribution in [3.05, 3.63) is 83.9 Å². The van der Waals surface area contributed by atoms with E-state index in [1.807, 2.05) is 31.2 Å². The van der Waals surface area contributed by atoms with Gasteiger partial charge in [-0.1, -0.05) is 54.6 Å². The Balaban J connectivity index is 1.45. The fraction of sp³-hybridized carbons (Fsp3) is 0.379. The molecule has 3 atom stereocenters. The number of aryl methyl sites for hydroxylation is 1. The average molecular weight is 507 g/mol. The van der Waals surface area contributed by atoms with Crippen molar-refractivity contribution in [3.63, 3.8) is 0 Å². The van der Waals surface area contributed by atoms with Crippen LogP contribution < -0.4 is 0 Å². The summed E-state index contributed by atoms with van der Waals surface area (Å²) in [5, 5.41) is 9.85. The van der Waals surface area contributed by atoms with Gasteiger partial charge in [0.15, 0.2) is 0 Å². The van der Waals surface area contributed by atoms with Crippen LogP contribution in [0.5, 0.6) is 5.75 Å². The molecule has 7 heteroatoms. The summed E-state index contributed by atoms with van der Waals surface area (Å²) in [5.74, 6) is 0.423. The second kappa shape index (κ2) is 10.3. The third-order valence-corrected chi connectivity index (χ3v) is 9.69. The lowest BCUT2D eigenvalue weighted by Gasteiger charge is -2.57. The van der Waals surface area contributed by atoms with Crippen molar-refractivity contribution in [2.45, 2.75) is 42.7 Å². The second-order valence-corrected chi connectivity index (χ2v) is 11.8. The Kier molecular flexibility index (Phi) is 7.17. The lowest BCUT2D eigenvalue weighted by atomic mass is 9.74. The molecule has 2 fully saturated rings. The highest BCUT2D eigenvalue weighted by Crippen LogP contribution is 2.43. The van der Waals surface area contributed by atoms with Gasteiger partial charge in [0, 0.05) is 38.2 Å². The second-order valence-electron chi connectivity index (χ2n) is 9.86. The number of rotatable bonds is 6. The van der Waals surface area contributed by atoms with Crippen LogP contribution in [0.25, 0.3) is 11.1 Å². The molecule has 2 saturated heterocycles. The van der Waals surface area contributed by atoms with E-state index in [-0.39, 0.29) is 23.8 Å². The number of hydrogen-bond donors (Lipinski definition) is 1. The normalized spacial score (nSPS) is 23.3. The van der Waals surface area contributed by atoms with Crippen molar-refractivity contribution in [2.75, 3.05) is 33.4 Å². The fourth-order valence-corrected chi connectivity index (χ4v) is 7.57. The van der Waals surface area contributed by atoms with Crippen LogP contribution in [0.2, 0.25) is 0 Å². The summed E-state index contributed by atoms with van der Waals surface area (Å²) in [7, 11) is -1.85. The Labute approximate surface area is 214 Å². The van der Waals surface area contributed by atoms with E-state index in [4.69, 9.17) is 4.74 Å².